The topological polar surface area (TPSA) is 71.3 Å². The highest BCUT2D eigenvalue weighted by molar-refractivity contribution is 9.10. The minimum atomic E-state index is -0.109. The minimum Gasteiger partial charge on any atom is -0.366 e. The normalized spacial score (nSPS) is 11.2. The molecule has 0 bridgehead atoms. The van der Waals surface area contributed by atoms with E-state index >= 15 is 0 Å². The maximum Gasteiger partial charge on any atom is 0.265 e. The molecule has 6 rings (SSSR count). The molecule has 3 aromatic heterocycles. The summed E-state index contributed by atoms with van der Waals surface area (Å²) < 4.78 is 3.65. The fraction of sp³-hybridized carbons (Fsp3) is 0.0357. The summed E-state index contributed by atoms with van der Waals surface area (Å²) in [5.74, 6) is 0.676. The molecular formula is C28H19BrClN5OS. The number of amides is 1. The molecule has 182 valence electrons. The number of carbonyl (C=O) groups excluding carboxylic acids is 1. The largest absolute Gasteiger partial charge is 0.366 e. The molecule has 0 atom stereocenters. The summed E-state index contributed by atoms with van der Waals surface area (Å²) in [6.45, 7) is 0.559. The van der Waals surface area contributed by atoms with Gasteiger partial charge in [0.05, 0.1) is 21.2 Å². The van der Waals surface area contributed by atoms with Crippen LogP contribution >= 0.6 is 38.9 Å². The van der Waals surface area contributed by atoms with Gasteiger partial charge in [-0.15, -0.1) is 11.3 Å². The molecule has 0 radical (unpaired) electrons. The summed E-state index contributed by atoms with van der Waals surface area (Å²) in [6.07, 6.45) is 1.72. The summed E-state index contributed by atoms with van der Waals surface area (Å²) in [4.78, 5) is 18.2. The molecule has 6 nitrogen and oxygen atoms in total. The fourth-order valence-corrected chi connectivity index (χ4v) is 5.59. The van der Waals surface area contributed by atoms with E-state index in [1.165, 1.54) is 11.3 Å². The van der Waals surface area contributed by atoms with E-state index in [9.17, 15) is 4.79 Å². The van der Waals surface area contributed by atoms with Crippen LogP contribution in [-0.2, 0) is 6.54 Å². The fourth-order valence-electron chi connectivity index (χ4n) is 4.05. The molecule has 0 fully saturated rings. The number of halogens is 2. The lowest BCUT2D eigenvalue weighted by Crippen LogP contribution is -2.10. The van der Waals surface area contributed by atoms with E-state index in [1.54, 1.807) is 10.7 Å². The van der Waals surface area contributed by atoms with Gasteiger partial charge in [-0.2, -0.15) is 9.61 Å². The van der Waals surface area contributed by atoms with Crippen LogP contribution in [0.2, 0.25) is 5.02 Å². The van der Waals surface area contributed by atoms with Gasteiger partial charge < -0.3 is 10.6 Å². The summed E-state index contributed by atoms with van der Waals surface area (Å²) in [5.41, 5.74) is 4.09. The van der Waals surface area contributed by atoms with Crippen LogP contribution in [0.1, 0.15) is 15.2 Å². The molecule has 0 unspecified atom stereocenters. The molecule has 37 heavy (non-hydrogen) atoms. The Morgan fingerprint density at radius 1 is 1.00 bits per heavy atom. The third kappa shape index (κ3) is 4.83. The number of thiophene rings is 1. The van der Waals surface area contributed by atoms with Gasteiger partial charge in [0.15, 0.2) is 5.65 Å². The van der Waals surface area contributed by atoms with Crippen molar-refractivity contribution in [2.45, 2.75) is 6.54 Å². The summed E-state index contributed by atoms with van der Waals surface area (Å²) in [5, 5.41) is 12.6. The maximum atomic E-state index is 12.7. The molecule has 0 saturated carbocycles. The van der Waals surface area contributed by atoms with Crippen molar-refractivity contribution in [2.75, 3.05) is 10.6 Å². The molecule has 0 aliphatic heterocycles. The van der Waals surface area contributed by atoms with Gasteiger partial charge in [0.2, 0.25) is 0 Å². The highest BCUT2D eigenvalue weighted by atomic mass is 79.9. The Hall–Kier alpha value is -3.72. The van der Waals surface area contributed by atoms with Crippen LogP contribution in [0.4, 0.5) is 11.5 Å². The van der Waals surface area contributed by atoms with Gasteiger partial charge in [-0.05, 0) is 57.2 Å². The van der Waals surface area contributed by atoms with Gasteiger partial charge in [-0.25, -0.2) is 4.98 Å². The molecule has 2 N–H and O–H groups in total. The van der Waals surface area contributed by atoms with Crippen molar-refractivity contribution in [3.63, 3.8) is 0 Å². The number of rotatable bonds is 6. The predicted molar refractivity (Wildman–Crippen MR) is 155 cm³/mol. The summed E-state index contributed by atoms with van der Waals surface area (Å²) in [7, 11) is 0. The molecule has 0 saturated heterocycles. The Morgan fingerprint density at radius 3 is 2.59 bits per heavy atom. The van der Waals surface area contributed by atoms with Gasteiger partial charge in [-0.1, -0.05) is 60.1 Å². The molecule has 3 heterocycles. The highest BCUT2D eigenvalue weighted by Gasteiger charge is 2.14. The lowest BCUT2D eigenvalue weighted by Gasteiger charge is -2.12. The van der Waals surface area contributed by atoms with Crippen LogP contribution in [0.3, 0.4) is 0 Å². The van der Waals surface area contributed by atoms with Crippen molar-refractivity contribution < 1.29 is 4.79 Å². The Morgan fingerprint density at radius 2 is 1.78 bits per heavy atom. The number of anilines is 2. The first kappa shape index (κ1) is 23.7. The highest BCUT2D eigenvalue weighted by Crippen LogP contribution is 2.31. The number of fused-ring (bicyclic) bond motifs is 2. The second kappa shape index (κ2) is 9.97. The first-order chi connectivity index (χ1) is 18.0. The first-order valence-electron chi connectivity index (χ1n) is 11.5. The Balaban J connectivity index is 1.19. The zero-order valence-corrected chi connectivity index (χ0v) is 22.4. The van der Waals surface area contributed by atoms with Crippen molar-refractivity contribution in [3.05, 3.63) is 111 Å². The summed E-state index contributed by atoms with van der Waals surface area (Å²) >= 11 is 11.5. The Kier molecular flexibility index (Phi) is 6.38. The number of nitrogens with one attached hydrogen (secondary N) is 2. The van der Waals surface area contributed by atoms with Crippen LogP contribution in [0.25, 0.3) is 27.0 Å². The molecule has 9 heteroatoms. The van der Waals surface area contributed by atoms with E-state index in [0.29, 0.717) is 22.1 Å². The van der Waals surface area contributed by atoms with Crippen molar-refractivity contribution in [1.82, 2.24) is 14.6 Å². The van der Waals surface area contributed by atoms with Crippen molar-refractivity contribution >= 4 is 72.0 Å². The third-order valence-corrected chi connectivity index (χ3v) is 7.92. The van der Waals surface area contributed by atoms with Crippen LogP contribution in [-0.4, -0.2) is 20.5 Å². The van der Waals surface area contributed by atoms with E-state index in [2.05, 4.69) is 31.7 Å². The number of hydrogen-bond acceptors (Lipinski definition) is 5. The average Bonchev–Trinajstić information content (AvgIpc) is 3.52. The second-order valence-electron chi connectivity index (χ2n) is 8.39. The Bertz CT molecular complexity index is 1730. The van der Waals surface area contributed by atoms with Crippen LogP contribution in [0.5, 0.6) is 0 Å². The maximum absolute atomic E-state index is 12.7. The predicted octanol–water partition coefficient (Wildman–Crippen LogP) is 7.89. The quantitative estimate of drug-likeness (QED) is 0.208. The standard InChI is InChI=1S/C28H19BrClN5OS/c29-21-16-32-35-26(14-23(34-27(21)35)20-6-2-3-7-22(20)30)31-15-17-9-11-19(12-10-17)33-28(36)25-13-18-5-1-4-8-24(18)37-25/h1-14,16,31H,15H2,(H,33,36). The number of aromatic nitrogens is 3. The SMILES string of the molecule is O=C(Nc1ccc(CNc2cc(-c3ccccc3Cl)nc3c(Br)cnn23)cc1)c1cc2ccccc2s1. The molecule has 1 amide bonds. The second-order valence-corrected chi connectivity index (χ2v) is 10.7. The van der Waals surface area contributed by atoms with E-state index in [1.807, 2.05) is 84.9 Å². The first-order valence-corrected chi connectivity index (χ1v) is 13.5. The molecule has 0 aliphatic rings. The molecule has 3 aromatic carbocycles. The number of hydrogen-bond donors (Lipinski definition) is 2. The van der Waals surface area contributed by atoms with Crippen molar-refractivity contribution in [2.24, 2.45) is 0 Å². The Labute approximate surface area is 230 Å². The van der Waals surface area contributed by atoms with Crippen LogP contribution < -0.4 is 10.6 Å². The van der Waals surface area contributed by atoms with Crippen LogP contribution in [0.15, 0.2) is 95.6 Å². The molecular weight excluding hydrogens is 570 g/mol. The molecule has 6 aromatic rings. The minimum absolute atomic E-state index is 0.109. The number of carbonyl (C=O) groups is 1. The van der Waals surface area contributed by atoms with Crippen molar-refractivity contribution in [1.29, 1.82) is 0 Å². The number of nitrogens with zero attached hydrogens (tertiary/aromatic N) is 3. The zero-order valence-electron chi connectivity index (χ0n) is 19.3. The number of benzene rings is 3. The third-order valence-electron chi connectivity index (χ3n) is 5.91. The summed E-state index contributed by atoms with van der Waals surface area (Å²) in [6, 6.07) is 27.3. The van der Waals surface area contributed by atoms with E-state index in [4.69, 9.17) is 16.6 Å². The van der Waals surface area contributed by atoms with E-state index in [-0.39, 0.29) is 5.91 Å². The average molecular weight is 589 g/mol. The van der Waals surface area contributed by atoms with Gasteiger partial charge in [0.1, 0.15) is 5.82 Å². The lowest BCUT2D eigenvalue weighted by molar-refractivity contribution is 0.103. The van der Waals surface area contributed by atoms with Crippen molar-refractivity contribution in [3.8, 4) is 11.3 Å². The van der Waals surface area contributed by atoms with Gasteiger partial charge in [0, 0.05) is 33.6 Å². The van der Waals surface area contributed by atoms with E-state index < -0.39 is 0 Å². The molecule has 0 aliphatic carbocycles. The van der Waals surface area contributed by atoms with Gasteiger partial charge in [0.25, 0.3) is 5.91 Å². The lowest BCUT2D eigenvalue weighted by atomic mass is 10.1. The van der Waals surface area contributed by atoms with E-state index in [0.717, 1.165) is 42.9 Å². The van der Waals surface area contributed by atoms with Gasteiger partial charge in [-0.3, -0.25) is 4.79 Å². The molecule has 0 spiro atoms. The smallest absolute Gasteiger partial charge is 0.265 e. The van der Waals surface area contributed by atoms with Crippen LogP contribution in [0, 0.1) is 0 Å². The zero-order chi connectivity index (χ0) is 25.4. The monoisotopic (exact) mass is 587 g/mol. The van der Waals surface area contributed by atoms with Gasteiger partial charge >= 0.3 is 0 Å².